The van der Waals surface area contributed by atoms with Crippen LogP contribution < -0.4 is 10.2 Å². The van der Waals surface area contributed by atoms with Crippen LogP contribution in [0.5, 0.6) is 0 Å². The third kappa shape index (κ3) is 4.74. The van der Waals surface area contributed by atoms with E-state index in [4.69, 9.17) is 16.6 Å². The van der Waals surface area contributed by atoms with Crippen molar-refractivity contribution < 1.29 is 0 Å². The van der Waals surface area contributed by atoms with E-state index >= 15 is 0 Å². The average molecular weight is 404 g/mol. The van der Waals surface area contributed by atoms with Crippen molar-refractivity contribution in [2.24, 2.45) is 10.9 Å². The van der Waals surface area contributed by atoms with Crippen LogP contribution in [0.3, 0.4) is 0 Å². The van der Waals surface area contributed by atoms with Crippen LogP contribution in [0.25, 0.3) is 0 Å². The van der Waals surface area contributed by atoms with Crippen molar-refractivity contribution in [3.05, 3.63) is 28.8 Å². The Morgan fingerprint density at radius 2 is 1.93 bits per heavy atom. The largest absolute Gasteiger partial charge is 0.368 e. The standard InChI is InChI=1S/C22H34ClN5/c1-3-24-22(25-15-18-8-9-28(16-18)20-6-7-20)27-12-10-26(11-13-27)21-14-19(23)5-4-17(21)2/h4-5,14,18,20H,3,6-13,15-16H2,1-2H3,(H,24,25). The molecule has 0 spiro atoms. The number of halogens is 1. The fraction of sp³-hybridized carbons (Fsp3) is 0.682. The van der Waals surface area contributed by atoms with Gasteiger partial charge in [0.15, 0.2) is 5.96 Å². The van der Waals surface area contributed by atoms with Crippen LogP contribution in [0.1, 0.15) is 31.7 Å². The molecule has 28 heavy (non-hydrogen) atoms. The zero-order valence-corrected chi connectivity index (χ0v) is 18.1. The molecule has 1 atom stereocenters. The first-order chi connectivity index (χ1) is 13.6. The van der Waals surface area contributed by atoms with Gasteiger partial charge in [0.05, 0.1) is 0 Å². The number of rotatable bonds is 5. The van der Waals surface area contributed by atoms with Gasteiger partial charge in [-0.25, -0.2) is 0 Å². The highest BCUT2D eigenvalue weighted by atomic mass is 35.5. The second-order valence-electron chi connectivity index (χ2n) is 8.48. The van der Waals surface area contributed by atoms with Crippen LogP contribution in [0.2, 0.25) is 5.02 Å². The summed E-state index contributed by atoms with van der Waals surface area (Å²) in [5.41, 5.74) is 2.56. The molecule has 4 rings (SSSR count). The molecule has 0 amide bonds. The lowest BCUT2D eigenvalue weighted by atomic mass is 10.1. The minimum atomic E-state index is 0.727. The smallest absolute Gasteiger partial charge is 0.194 e. The molecule has 0 bridgehead atoms. The van der Waals surface area contributed by atoms with E-state index in [0.29, 0.717) is 0 Å². The number of benzene rings is 1. The lowest BCUT2D eigenvalue weighted by Crippen LogP contribution is -2.52. The molecule has 2 aliphatic heterocycles. The molecule has 1 aliphatic carbocycles. The predicted molar refractivity (Wildman–Crippen MR) is 119 cm³/mol. The van der Waals surface area contributed by atoms with Gasteiger partial charge in [-0.15, -0.1) is 0 Å². The topological polar surface area (TPSA) is 34.1 Å². The Balaban J connectivity index is 1.33. The first-order valence-corrected chi connectivity index (χ1v) is 11.3. The van der Waals surface area contributed by atoms with Crippen molar-refractivity contribution in [1.29, 1.82) is 0 Å². The van der Waals surface area contributed by atoms with Crippen LogP contribution >= 0.6 is 11.6 Å². The van der Waals surface area contributed by atoms with Gasteiger partial charge in [-0.2, -0.15) is 0 Å². The molecule has 0 radical (unpaired) electrons. The first kappa shape index (κ1) is 19.8. The van der Waals surface area contributed by atoms with Crippen molar-refractivity contribution >= 4 is 23.2 Å². The van der Waals surface area contributed by atoms with Crippen molar-refractivity contribution in [2.45, 2.75) is 39.2 Å². The van der Waals surface area contributed by atoms with Crippen molar-refractivity contribution in [3.8, 4) is 0 Å². The van der Waals surface area contributed by atoms with Crippen molar-refractivity contribution in [3.63, 3.8) is 0 Å². The van der Waals surface area contributed by atoms with E-state index in [2.05, 4.69) is 46.0 Å². The van der Waals surface area contributed by atoms with E-state index in [-0.39, 0.29) is 0 Å². The Labute approximate surface area is 174 Å². The fourth-order valence-corrected chi connectivity index (χ4v) is 4.67. The number of hydrogen-bond acceptors (Lipinski definition) is 3. The molecule has 2 heterocycles. The molecule has 5 nitrogen and oxygen atoms in total. The summed E-state index contributed by atoms with van der Waals surface area (Å²) >= 11 is 6.22. The Bertz CT molecular complexity index is 694. The van der Waals surface area contributed by atoms with Crippen molar-refractivity contribution in [2.75, 3.05) is 57.3 Å². The highest BCUT2D eigenvalue weighted by Gasteiger charge is 2.34. The molecule has 3 fully saturated rings. The van der Waals surface area contributed by atoms with Gasteiger partial charge in [0.25, 0.3) is 0 Å². The normalized spacial score (nSPS) is 24.1. The lowest BCUT2D eigenvalue weighted by Gasteiger charge is -2.38. The van der Waals surface area contributed by atoms with E-state index in [9.17, 15) is 0 Å². The Kier molecular flexibility index (Phi) is 6.32. The summed E-state index contributed by atoms with van der Waals surface area (Å²) in [6.07, 6.45) is 4.13. The summed E-state index contributed by atoms with van der Waals surface area (Å²) in [4.78, 5) is 12.6. The number of aliphatic imine (C=N–C) groups is 1. The van der Waals surface area contributed by atoms with Crippen molar-refractivity contribution in [1.82, 2.24) is 15.1 Å². The number of piperazine rings is 1. The number of guanidine groups is 1. The summed E-state index contributed by atoms with van der Waals surface area (Å²) in [7, 11) is 0. The van der Waals surface area contributed by atoms with Gasteiger partial charge >= 0.3 is 0 Å². The molecule has 6 heteroatoms. The highest BCUT2D eigenvalue weighted by Crippen LogP contribution is 2.31. The molecule has 3 aliphatic rings. The maximum atomic E-state index is 6.22. The molecular weight excluding hydrogens is 370 g/mol. The number of likely N-dealkylation sites (tertiary alicyclic amines) is 1. The van der Waals surface area contributed by atoms with Gasteiger partial charge < -0.3 is 20.0 Å². The van der Waals surface area contributed by atoms with Crippen LogP contribution in [-0.2, 0) is 0 Å². The van der Waals surface area contributed by atoms with E-state index in [1.54, 1.807) is 0 Å². The third-order valence-electron chi connectivity index (χ3n) is 6.31. The highest BCUT2D eigenvalue weighted by molar-refractivity contribution is 6.30. The summed E-state index contributed by atoms with van der Waals surface area (Å²) < 4.78 is 0. The first-order valence-electron chi connectivity index (χ1n) is 10.9. The SMILES string of the molecule is CCNC(=NCC1CCN(C2CC2)C1)N1CCN(c2cc(Cl)ccc2C)CC1. The summed E-state index contributed by atoms with van der Waals surface area (Å²) in [6, 6.07) is 7.07. The lowest BCUT2D eigenvalue weighted by molar-refractivity contribution is 0.315. The quantitative estimate of drug-likeness (QED) is 0.604. The number of hydrogen-bond donors (Lipinski definition) is 1. The van der Waals surface area contributed by atoms with Gasteiger partial charge in [-0.05, 0) is 63.3 Å². The Morgan fingerprint density at radius 1 is 1.14 bits per heavy atom. The van der Waals surface area contributed by atoms with Gasteiger partial charge in [0.2, 0.25) is 0 Å². The van der Waals surface area contributed by atoms with Crippen LogP contribution in [0, 0.1) is 12.8 Å². The monoisotopic (exact) mass is 403 g/mol. The average Bonchev–Trinajstić information content (AvgIpc) is 3.45. The molecule has 1 unspecified atom stereocenters. The fourth-order valence-electron chi connectivity index (χ4n) is 4.51. The van der Waals surface area contributed by atoms with Gasteiger partial charge in [-0.3, -0.25) is 4.99 Å². The third-order valence-corrected chi connectivity index (χ3v) is 6.54. The van der Waals surface area contributed by atoms with E-state index in [0.717, 1.165) is 62.2 Å². The summed E-state index contributed by atoms with van der Waals surface area (Å²) in [6.45, 7) is 12.7. The second-order valence-corrected chi connectivity index (χ2v) is 8.92. The summed E-state index contributed by atoms with van der Waals surface area (Å²) in [5.74, 6) is 1.82. The molecule has 154 valence electrons. The van der Waals surface area contributed by atoms with Gasteiger partial charge in [-0.1, -0.05) is 17.7 Å². The Hall–Kier alpha value is -1.46. The maximum absolute atomic E-state index is 6.22. The number of nitrogens with one attached hydrogen (secondary N) is 1. The molecular formula is C22H34ClN5. The number of nitrogens with zero attached hydrogens (tertiary/aromatic N) is 4. The molecule has 1 aromatic carbocycles. The minimum absolute atomic E-state index is 0.727. The predicted octanol–water partition coefficient (Wildman–Crippen LogP) is 3.22. The molecule has 0 aromatic heterocycles. The van der Waals surface area contributed by atoms with Gasteiger partial charge in [0, 0.05) is 62.6 Å². The minimum Gasteiger partial charge on any atom is -0.368 e. The van der Waals surface area contributed by atoms with E-state index in [1.807, 2.05) is 6.07 Å². The zero-order chi connectivity index (χ0) is 19.5. The molecule has 1 N–H and O–H groups in total. The molecule has 1 aromatic rings. The second kappa shape index (κ2) is 8.91. The number of anilines is 1. The van der Waals surface area contributed by atoms with Crippen LogP contribution in [0.4, 0.5) is 5.69 Å². The summed E-state index contributed by atoms with van der Waals surface area (Å²) in [5, 5.41) is 4.33. The molecule has 1 saturated carbocycles. The molecule has 2 saturated heterocycles. The van der Waals surface area contributed by atoms with E-state index < -0.39 is 0 Å². The van der Waals surface area contributed by atoms with Crippen LogP contribution in [0.15, 0.2) is 23.2 Å². The maximum Gasteiger partial charge on any atom is 0.194 e. The van der Waals surface area contributed by atoms with Gasteiger partial charge in [0.1, 0.15) is 0 Å². The Morgan fingerprint density at radius 3 is 2.64 bits per heavy atom. The zero-order valence-electron chi connectivity index (χ0n) is 17.3. The van der Waals surface area contributed by atoms with Crippen LogP contribution in [-0.4, -0.2) is 74.2 Å². The van der Waals surface area contributed by atoms with E-state index in [1.165, 1.54) is 43.6 Å². The number of aryl methyl sites for hydroxylation is 1.